The number of halogens is 1. The molecule has 1 saturated carbocycles. The smallest absolute Gasteiger partial charge is 0.238 e. The Hall–Kier alpha value is -1.17. The molecule has 4 nitrogen and oxygen atoms in total. The predicted octanol–water partition coefficient (Wildman–Crippen LogP) is 2.66. The topological polar surface area (TPSA) is 54.0 Å². The van der Waals surface area contributed by atoms with E-state index in [1.165, 1.54) is 12.8 Å². The van der Waals surface area contributed by atoms with Gasteiger partial charge in [0.05, 0.1) is 22.3 Å². The third-order valence-corrected chi connectivity index (χ3v) is 3.84. The molecule has 1 aromatic carbocycles. The van der Waals surface area contributed by atoms with Crippen LogP contribution in [0.25, 0.3) is 10.2 Å². The fourth-order valence-corrected chi connectivity index (χ4v) is 2.51. The van der Waals surface area contributed by atoms with Gasteiger partial charge in [0.1, 0.15) is 0 Å². The van der Waals surface area contributed by atoms with Gasteiger partial charge in [-0.05, 0) is 43.5 Å². The van der Waals surface area contributed by atoms with Crippen molar-refractivity contribution in [2.45, 2.75) is 12.8 Å². The number of benzene rings is 1. The summed E-state index contributed by atoms with van der Waals surface area (Å²) in [6.45, 7) is 1.34. The molecule has 1 heterocycles. The fourth-order valence-electron chi connectivity index (χ4n) is 1.85. The number of carbonyl (C=O) groups excluding carboxylic acids is 1. The van der Waals surface area contributed by atoms with Crippen molar-refractivity contribution in [1.29, 1.82) is 0 Å². The number of nitrogens with one attached hydrogen (secondary N) is 2. The molecule has 0 radical (unpaired) electrons. The lowest BCUT2D eigenvalue weighted by Crippen LogP contribution is -2.29. The van der Waals surface area contributed by atoms with Crippen LogP contribution in [0.15, 0.2) is 23.7 Å². The third-order valence-electron chi connectivity index (χ3n) is 3.03. The summed E-state index contributed by atoms with van der Waals surface area (Å²) in [5.74, 6) is 0.800. The highest BCUT2D eigenvalue weighted by Crippen LogP contribution is 2.27. The van der Waals surface area contributed by atoms with Gasteiger partial charge in [-0.2, -0.15) is 0 Å². The van der Waals surface area contributed by atoms with Crippen LogP contribution in [-0.4, -0.2) is 24.0 Å². The van der Waals surface area contributed by atoms with E-state index in [0.717, 1.165) is 28.4 Å². The van der Waals surface area contributed by atoms with Crippen molar-refractivity contribution in [3.05, 3.63) is 23.7 Å². The van der Waals surface area contributed by atoms with Crippen LogP contribution in [0.4, 0.5) is 5.69 Å². The average Bonchev–Trinajstić information content (AvgIpc) is 3.06. The lowest BCUT2D eigenvalue weighted by atomic mass is 10.3. The van der Waals surface area contributed by atoms with Gasteiger partial charge in [-0.15, -0.1) is 23.7 Å². The maximum Gasteiger partial charge on any atom is 0.238 e. The Morgan fingerprint density at radius 2 is 2.26 bits per heavy atom. The molecule has 2 aromatic rings. The van der Waals surface area contributed by atoms with Gasteiger partial charge in [0.15, 0.2) is 0 Å². The number of hydrogen-bond donors (Lipinski definition) is 2. The van der Waals surface area contributed by atoms with Crippen molar-refractivity contribution in [2.24, 2.45) is 5.92 Å². The van der Waals surface area contributed by atoms with E-state index in [4.69, 9.17) is 0 Å². The second kappa shape index (κ2) is 6.32. The van der Waals surface area contributed by atoms with E-state index in [2.05, 4.69) is 15.6 Å². The third kappa shape index (κ3) is 3.89. The summed E-state index contributed by atoms with van der Waals surface area (Å²) >= 11 is 1.60. The highest BCUT2D eigenvalue weighted by Gasteiger charge is 2.20. The molecule has 1 aliphatic carbocycles. The molecule has 6 heteroatoms. The number of amides is 1. The van der Waals surface area contributed by atoms with E-state index in [9.17, 15) is 4.79 Å². The maximum atomic E-state index is 11.7. The molecule has 0 atom stereocenters. The van der Waals surface area contributed by atoms with Crippen LogP contribution in [0.3, 0.4) is 0 Å². The number of nitrogens with zero attached hydrogens (tertiary/aromatic N) is 1. The van der Waals surface area contributed by atoms with Crippen molar-refractivity contribution in [3.63, 3.8) is 0 Å². The van der Waals surface area contributed by atoms with Crippen LogP contribution in [0.5, 0.6) is 0 Å². The molecule has 1 fully saturated rings. The second-order valence-corrected chi connectivity index (χ2v) is 5.54. The van der Waals surface area contributed by atoms with Gasteiger partial charge in [-0.1, -0.05) is 0 Å². The Bertz CT molecular complexity index is 568. The number of fused-ring (bicyclic) bond motifs is 1. The molecular weight excluding hydrogens is 282 g/mol. The van der Waals surface area contributed by atoms with E-state index in [0.29, 0.717) is 6.54 Å². The molecule has 19 heavy (non-hydrogen) atoms. The summed E-state index contributed by atoms with van der Waals surface area (Å²) in [7, 11) is 0. The first kappa shape index (κ1) is 14.2. The Kier molecular flexibility index (Phi) is 4.74. The van der Waals surface area contributed by atoms with Crippen LogP contribution in [0.2, 0.25) is 0 Å². The minimum atomic E-state index is 0. The van der Waals surface area contributed by atoms with E-state index >= 15 is 0 Å². The van der Waals surface area contributed by atoms with Crippen LogP contribution in [0.1, 0.15) is 12.8 Å². The molecule has 0 unspecified atom stereocenters. The van der Waals surface area contributed by atoms with E-state index in [1.54, 1.807) is 11.3 Å². The highest BCUT2D eigenvalue weighted by atomic mass is 35.5. The Morgan fingerprint density at radius 1 is 1.42 bits per heavy atom. The minimum Gasteiger partial charge on any atom is -0.325 e. The van der Waals surface area contributed by atoms with E-state index in [-0.39, 0.29) is 18.3 Å². The Labute approximate surface area is 122 Å². The zero-order valence-corrected chi connectivity index (χ0v) is 12.0. The second-order valence-electron chi connectivity index (χ2n) is 4.66. The standard InChI is InChI=1S/C13H15N3OS.ClH/c17-13(7-14-6-9-1-2-9)16-10-3-4-12-11(5-10)15-8-18-12;/h3-5,8-9,14H,1-2,6-7H2,(H,16,17);1H. The van der Waals surface area contributed by atoms with Crippen molar-refractivity contribution >= 4 is 45.6 Å². The number of thiazole rings is 1. The lowest BCUT2D eigenvalue weighted by molar-refractivity contribution is -0.115. The normalized spacial score (nSPS) is 14.1. The van der Waals surface area contributed by atoms with Gasteiger partial charge >= 0.3 is 0 Å². The number of carbonyl (C=O) groups is 1. The summed E-state index contributed by atoms with van der Waals surface area (Å²) in [6.07, 6.45) is 2.60. The SMILES string of the molecule is Cl.O=C(CNCC1CC1)Nc1ccc2scnc2c1. The summed E-state index contributed by atoms with van der Waals surface area (Å²) in [5, 5.41) is 6.06. The van der Waals surface area contributed by atoms with Gasteiger partial charge in [0.25, 0.3) is 0 Å². The summed E-state index contributed by atoms with van der Waals surface area (Å²) < 4.78 is 1.14. The highest BCUT2D eigenvalue weighted by molar-refractivity contribution is 7.16. The van der Waals surface area contributed by atoms with Crippen LogP contribution in [0, 0.1) is 5.92 Å². The van der Waals surface area contributed by atoms with E-state index in [1.807, 2.05) is 23.7 Å². The molecule has 0 spiro atoms. The number of aromatic nitrogens is 1. The predicted molar refractivity (Wildman–Crippen MR) is 81.1 cm³/mol. The molecule has 0 aliphatic heterocycles. The van der Waals surface area contributed by atoms with Gasteiger partial charge in [0, 0.05) is 5.69 Å². The van der Waals surface area contributed by atoms with Crippen LogP contribution >= 0.6 is 23.7 Å². The molecule has 1 amide bonds. The van der Waals surface area contributed by atoms with Crippen molar-refractivity contribution in [1.82, 2.24) is 10.3 Å². The maximum absolute atomic E-state index is 11.7. The fraction of sp³-hybridized carbons (Fsp3) is 0.385. The molecule has 1 aliphatic rings. The van der Waals surface area contributed by atoms with Gasteiger partial charge < -0.3 is 10.6 Å². The number of hydrogen-bond acceptors (Lipinski definition) is 4. The first-order valence-electron chi connectivity index (χ1n) is 6.15. The average molecular weight is 298 g/mol. The lowest BCUT2D eigenvalue weighted by Gasteiger charge is -2.06. The van der Waals surface area contributed by atoms with Crippen LogP contribution < -0.4 is 10.6 Å². The largest absolute Gasteiger partial charge is 0.325 e. The Morgan fingerprint density at radius 3 is 3.05 bits per heavy atom. The molecule has 1 aromatic heterocycles. The molecule has 0 saturated heterocycles. The zero-order chi connectivity index (χ0) is 12.4. The van der Waals surface area contributed by atoms with E-state index < -0.39 is 0 Å². The molecular formula is C13H16ClN3OS. The number of anilines is 1. The van der Waals surface area contributed by atoms with Crippen molar-refractivity contribution in [3.8, 4) is 0 Å². The quantitative estimate of drug-likeness (QED) is 0.892. The van der Waals surface area contributed by atoms with Crippen molar-refractivity contribution in [2.75, 3.05) is 18.4 Å². The van der Waals surface area contributed by atoms with Gasteiger partial charge in [-0.25, -0.2) is 4.98 Å². The monoisotopic (exact) mass is 297 g/mol. The first-order valence-corrected chi connectivity index (χ1v) is 7.03. The molecule has 102 valence electrons. The summed E-state index contributed by atoms with van der Waals surface area (Å²) in [4.78, 5) is 15.9. The molecule has 3 rings (SSSR count). The molecule has 0 bridgehead atoms. The summed E-state index contributed by atoms with van der Waals surface area (Å²) in [5.41, 5.74) is 3.56. The van der Waals surface area contributed by atoms with Crippen LogP contribution in [-0.2, 0) is 4.79 Å². The first-order chi connectivity index (χ1) is 8.81. The van der Waals surface area contributed by atoms with Crippen molar-refractivity contribution < 1.29 is 4.79 Å². The molecule has 2 N–H and O–H groups in total. The Balaban J connectivity index is 0.00000133. The minimum absolute atomic E-state index is 0. The summed E-state index contributed by atoms with van der Waals surface area (Å²) in [6, 6.07) is 5.81. The van der Waals surface area contributed by atoms with Gasteiger partial charge in [-0.3, -0.25) is 4.79 Å². The zero-order valence-electron chi connectivity index (χ0n) is 10.4. The van der Waals surface area contributed by atoms with Gasteiger partial charge in [0.2, 0.25) is 5.91 Å². The number of rotatable bonds is 5.